The number of nitrogens with zero attached hydrogens (tertiary/aromatic N) is 2. The molecule has 0 saturated carbocycles. The molecule has 1 amide bonds. The highest BCUT2D eigenvalue weighted by Gasteiger charge is 2.32. The number of aliphatic imine (C=N–C) groups is 1. The quantitative estimate of drug-likeness (QED) is 0.797. The number of aryl methyl sites for hydroxylation is 3. The molecule has 0 spiro atoms. The summed E-state index contributed by atoms with van der Waals surface area (Å²) in [5.74, 6) is 2.52. The van der Waals surface area contributed by atoms with E-state index in [1.807, 2.05) is 32.1 Å². The molecule has 6 heteroatoms. The van der Waals surface area contributed by atoms with Crippen molar-refractivity contribution in [3.8, 4) is 17.2 Å². The van der Waals surface area contributed by atoms with Crippen molar-refractivity contribution in [1.82, 2.24) is 4.90 Å². The topological polar surface area (TPSA) is 60.4 Å². The Morgan fingerprint density at radius 2 is 1.62 bits per heavy atom. The molecule has 2 aliphatic heterocycles. The van der Waals surface area contributed by atoms with Gasteiger partial charge in [0, 0.05) is 11.6 Å². The lowest BCUT2D eigenvalue weighted by atomic mass is 9.94. The molecule has 4 rings (SSSR count). The standard InChI is InChI=1S/C23H24N2O4/c1-13-6-14(2)23(15(3)7-13)29-21-11-18-17-10-20(28-5)19(27-4)8-16(17)9-22(26)25(18)12-24-21/h6-8,10-11H,9,12H2,1-5H3. The van der Waals surface area contributed by atoms with Crippen LogP contribution < -0.4 is 14.2 Å². The summed E-state index contributed by atoms with van der Waals surface area (Å²) in [5, 5.41) is 0. The zero-order chi connectivity index (χ0) is 20.7. The van der Waals surface area contributed by atoms with Crippen LogP contribution in [0.2, 0.25) is 0 Å². The van der Waals surface area contributed by atoms with Crippen LogP contribution >= 0.6 is 0 Å². The molecule has 2 heterocycles. The molecule has 150 valence electrons. The lowest BCUT2D eigenvalue weighted by Gasteiger charge is -2.33. The van der Waals surface area contributed by atoms with Crippen LogP contribution in [0.3, 0.4) is 0 Å². The smallest absolute Gasteiger partial charge is 0.233 e. The number of methoxy groups -OCH3 is 2. The number of rotatable bonds is 3. The summed E-state index contributed by atoms with van der Waals surface area (Å²) < 4.78 is 17.0. The normalized spacial score (nSPS) is 15.2. The Kier molecular flexibility index (Phi) is 4.78. The fraction of sp³-hybridized carbons (Fsp3) is 0.304. The lowest BCUT2D eigenvalue weighted by Crippen LogP contribution is -2.38. The molecule has 0 fully saturated rings. The minimum absolute atomic E-state index is 0.00136. The van der Waals surface area contributed by atoms with Crippen molar-refractivity contribution in [2.24, 2.45) is 4.99 Å². The highest BCUT2D eigenvalue weighted by molar-refractivity contribution is 6.04. The van der Waals surface area contributed by atoms with Crippen LogP contribution in [0.4, 0.5) is 0 Å². The zero-order valence-electron chi connectivity index (χ0n) is 17.3. The van der Waals surface area contributed by atoms with E-state index in [0.717, 1.165) is 33.7 Å². The third kappa shape index (κ3) is 3.35. The van der Waals surface area contributed by atoms with E-state index in [4.69, 9.17) is 14.2 Å². The number of hydrogen-bond donors (Lipinski definition) is 0. The molecule has 0 unspecified atom stereocenters. The maximum atomic E-state index is 12.7. The maximum Gasteiger partial charge on any atom is 0.233 e. The Labute approximate surface area is 170 Å². The second-order valence-electron chi connectivity index (χ2n) is 7.36. The molecular formula is C23H24N2O4. The number of benzene rings is 2. The molecule has 0 saturated heterocycles. The fourth-order valence-electron chi connectivity index (χ4n) is 3.95. The van der Waals surface area contributed by atoms with Crippen LogP contribution in [-0.4, -0.2) is 37.6 Å². The molecule has 2 aliphatic rings. The molecule has 6 nitrogen and oxygen atoms in total. The molecular weight excluding hydrogens is 368 g/mol. The first-order chi connectivity index (χ1) is 13.9. The molecule has 0 N–H and O–H groups in total. The Morgan fingerprint density at radius 1 is 0.966 bits per heavy atom. The monoisotopic (exact) mass is 392 g/mol. The van der Waals surface area contributed by atoms with Gasteiger partial charge in [-0.25, -0.2) is 4.99 Å². The van der Waals surface area contributed by atoms with Crippen molar-refractivity contribution in [2.45, 2.75) is 27.2 Å². The highest BCUT2D eigenvalue weighted by Crippen LogP contribution is 2.39. The van der Waals surface area contributed by atoms with Crippen LogP contribution in [0.1, 0.15) is 27.8 Å². The lowest BCUT2D eigenvalue weighted by molar-refractivity contribution is -0.127. The predicted molar refractivity (Wildman–Crippen MR) is 112 cm³/mol. The summed E-state index contributed by atoms with van der Waals surface area (Å²) in [6, 6.07) is 7.94. The van der Waals surface area contributed by atoms with Gasteiger partial charge >= 0.3 is 0 Å². The molecule has 29 heavy (non-hydrogen) atoms. The van der Waals surface area contributed by atoms with Gasteiger partial charge in [0.1, 0.15) is 12.4 Å². The van der Waals surface area contributed by atoms with Crippen molar-refractivity contribution in [3.05, 3.63) is 58.2 Å². The summed E-state index contributed by atoms with van der Waals surface area (Å²) in [6.45, 7) is 6.34. The van der Waals surface area contributed by atoms with Crippen LogP contribution in [0.25, 0.3) is 5.70 Å². The summed E-state index contributed by atoms with van der Waals surface area (Å²) in [5.41, 5.74) is 5.89. The van der Waals surface area contributed by atoms with E-state index >= 15 is 0 Å². The Bertz CT molecular complexity index is 1050. The zero-order valence-corrected chi connectivity index (χ0v) is 17.3. The summed E-state index contributed by atoms with van der Waals surface area (Å²) in [7, 11) is 3.19. The van der Waals surface area contributed by atoms with Gasteiger partial charge in [0.25, 0.3) is 0 Å². The molecule has 0 bridgehead atoms. The van der Waals surface area contributed by atoms with Crippen molar-refractivity contribution in [2.75, 3.05) is 20.9 Å². The Balaban J connectivity index is 1.75. The van der Waals surface area contributed by atoms with Gasteiger partial charge in [-0.3, -0.25) is 9.69 Å². The molecule has 0 aliphatic carbocycles. The first kappa shape index (κ1) is 19.1. The average molecular weight is 392 g/mol. The number of fused-ring (bicyclic) bond motifs is 3. The van der Waals surface area contributed by atoms with E-state index in [1.54, 1.807) is 19.1 Å². The summed E-state index contributed by atoms with van der Waals surface area (Å²) in [6.07, 6.45) is 2.12. The third-order valence-electron chi connectivity index (χ3n) is 5.26. The minimum Gasteiger partial charge on any atom is -0.493 e. The fourth-order valence-corrected chi connectivity index (χ4v) is 3.95. The maximum absolute atomic E-state index is 12.7. The second-order valence-corrected chi connectivity index (χ2v) is 7.36. The number of carbonyl (C=O) groups excluding carboxylic acids is 1. The van der Waals surface area contributed by atoms with Crippen LogP contribution in [0.5, 0.6) is 17.2 Å². The van der Waals surface area contributed by atoms with E-state index in [-0.39, 0.29) is 12.6 Å². The van der Waals surface area contributed by atoms with Crippen molar-refractivity contribution < 1.29 is 19.0 Å². The van der Waals surface area contributed by atoms with Gasteiger partial charge in [0.2, 0.25) is 11.8 Å². The first-order valence-electron chi connectivity index (χ1n) is 9.48. The number of amides is 1. The molecule has 0 atom stereocenters. The van der Waals surface area contributed by atoms with Gasteiger partial charge in [-0.2, -0.15) is 0 Å². The minimum atomic E-state index is 0.00136. The van der Waals surface area contributed by atoms with Crippen LogP contribution in [0, 0.1) is 20.8 Å². The molecule has 2 aromatic carbocycles. The average Bonchev–Trinajstić information content (AvgIpc) is 2.69. The number of hydrogen-bond acceptors (Lipinski definition) is 5. The number of carbonyl (C=O) groups is 1. The molecule has 2 aromatic rings. The largest absolute Gasteiger partial charge is 0.493 e. The van der Waals surface area contributed by atoms with Crippen LogP contribution in [0.15, 0.2) is 35.3 Å². The van der Waals surface area contributed by atoms with Gasteiger partial charge < -0.3 is 14.2 Å². The summed E-state index contributed by atoms with van der Waals surface area (Å²) in [4.78, 5) is 18.8. The van der Waals surface area contributed by atoms with E-state index in [1.165, 1.54) is 5.56 Å². The van der Waals surface area contributed by atoms with Gasteiger partial charge in [0.15, 0.2) is 11.5 Å². The van der Waals surface area contributed by atoms with Gasteiger partial charge in [-0.15, -0.1) is 0 Å². The van der Waals surface area contributed by atoms with Gasteiger partial charge in [-0.05, 0) is 49.6 Å². The van der Waals surface area contributed by atoms with Crippen molar-refractivity contribution in [3.63, 3.8) is 0 Å². The molecule has 0 aromatic heterocycles. The Hall–Kier alpha value is -3.28. The predicted octanol–water partition coefficient (Wildman–Crippen LogP) is 3.80. The van der Waals surface area contributed by atoms with E-state index in [2.05, 4.69) is 24.0 Å². The van der Waals surface area contributed by atoms with Crippen molar-refractivity contribution in [1.29, 1.82) is 0 Å². The van der Waals surface area contributed by atoms with Crippen molar-refractivity contribution >= 4 is 17.5 Å². The van der Waals surface area contributed by atoms with E-state index in [9.17, 15) is 4.79 Å². The van der Waals surface area contributed by atoms with E-state index < -0.39 is 0 Å². The first-order valence-corrected chi connectivity index (χ1v) is 9.48. The third-order valence-corrected chi connectivity index (χ3v) is 5.26. The van der Waals surface area contributed by atoms with Gasteiger partial charge in [0.05, 0.1) is 26.3 Å². The second kappa shape index (κ2) is 7.28. The van der Waals surface area contributed by atoms with E-state index in [0.29, 0.717) is 23.8 Å². The number of ether oxygens (including phenoxy) is 3. The molecule has 0 radical (unpaired) electrons. The van der Waals surface area contributed by atoms with Crippen LogP contribution in [-0.2, 0) is 11.2 Å². The Morgan fingerprint density at radius 3 is 2.28 bits per heavy atom. The summed E-state index contributed by atoms with van der Waals surface area (Å²) >= 11 is 0. The highest BCUT2D eigenvalue weighted by atomic mass is 16.5. The van der Waals surface area contributed by atoms with Gasteiger partial charge in [-0.1, -0.05) is 17.7 Å². The SMILES string of the molecule is COc1cc2c(cc1OC)C1=CC(Oc3c(C)cc(C)cc3C)=NCN1C(=O)C2.